The number of ether oxygens (including phenoxy) is 3. The zero-order valence-electron chi connectivity index (χ0n) is 38.8. The predicted octanol–water partition coefficient (Wildman–Crippen LogP) is 16.1. The Labute approximate surface area is 364 Å². The second kappa shape index (κ2) is 47.8. The van der Waals surface area contributed by atoms with E-state index in [9.17, 15) is 14.4 Å². The van der Waals surface area contributed by atoms with E-state index < -0.39 is 6.10 Å². The van der Waals surface area contributed by atoms with E-state index in [-0.39, 0.29) is 37.5 Å². The molecule has 0 spiro atoms. The summed E-state index contributed by atoms with van der Waals surface area (Å²) in [6, 6.07) is 0. The molecule has 0 fully saturated rings. The molecule has 0 unspecified atom stereocenters. The molecule has 0 saturated carbocycles. The SMILES string of the molecule is CCCC/C=C\CCCCCCCC(=O)OC[C@@H](COC(=O)CCCCCCC/C=C\CCCCCCCC)OC(=O)CCCC/C=C\C/C=C\C/C=C\CCCCC. The first-order valence-electron chi connectivity index (χ1n) is 24.8. The Kier molecular flexibility index (Phi) is 45.4. The number of allylic oxidation sites excluding steroid dienone is 10. The van der Waals surface area contributed by atoms with Crippen LogP contribution in [0.3, 0.4) is 0 Å². The van der Waals surface area contributed by atoms with Crippen molar-refractivity contribution >= 4 is 17.9 Å². The lowest BCUT2D eigenvalue weighted by Crippen LogP contribution is -2.30. The molecule has 0 saturated heterocycles. The quantitative estimate of drug-likeness (QED) is 0.0263. The smallest absolute Gasteiger partial charge is 0.306 e. The van der Waals surface area contributed by atoms with Gasteiger partial charge in [-0.25, -0.2) is 0 Å². The minimum atomic E-state index is -0.798. The van der Waals surface area contributed by atoms with E-state index in [2.05, 4.69) is 81.5 Å². The Morgan fingerprint density at radius 3 is 1.08 bits per heavy atom. The highest BCUT2D eigenvalue weighted by atomic mass is 16.6. The van der Waals surface area contributed by atoms with Crippen LogP contribution in [0, 0.1) is 0 Å². The monoisotopic (exact) mass is 825 g/mol. The third-order valence-electron chi connectivity index (χ3n) is 10.5. The van der Waals surface area contributed by atoms with Crippen molar-refractivity contribution in [1.82, 2.24) is 0 Å². The molecule has 1 atom stereocenters. The van der Waals surface area contributed by atoms with Gasteiger partial charge in [0, 0.05) is 19.3 Å². The Morgan fingerprint density at radius 1 is 0.339 bits per heavy atom. The molecule has 6 nitrogen and oxygen atoms in total. The minimum absolute atomic E-state index is 0.0965. The van der Waals surface area contributed by atoms with Gasteiger partial charge in [-0.3, -0.25) is 14.4 Å². The summed E-state index contributed by atoms with van der Waals surface area (Å²) in [5.74, 6) is -0.953. The Balaban J connectivity index is 4.46. The van der Waals surface area contributed by atoms with Crippen LogP contribution in [0.1, 0.15) is 239 Å². The number of rotatable bonds is 44. The largest absolute Gasteiger partial charge is 0.462 e. The maximum Gasteiger partial charge on any atom is 0.306 e. The van der Waals surface area contributed by atoms with Gasteiger partial charge >= 0.3 is 17.9 Å². The second-order valence-electron chi connectivity index (χ2n) is 16.4. The molecule has 0 bridgehead atoms. The normalized spacial score (nSPS) is 12.5. The molecule has 0 aliphatic heterocycles. The highest BCUT2D eigenvalue weighted by molar-refractivity contribution is 5.71. The van der Waals surface area contributed by atoms with Crippen molar-refractivity contribution in [3.05, 3.63) is 60.8 Å². The second-order valence-corrected chi connectivity index (χ2v) is 16.4. The summed E-state index contributed by atoms with van der Waals surface area (Å²) in [7, 11) is 0. The zero-order chi connectivity index (χ0) is 43.0. The standard InChI is InChI=1S/C53H92O6/c1-4-7-10-13-16-19-22-24-26-28-31-34-37-40-43-46-52(55)58-49-50(48-57-51(54)45-42-39-36-33-30-21-18-15-12-9-6-3)59-53(56)47-44-41-38-35-32-29-27-25-23-20-17-14-11-8-5-2/h15,17-18,20,24-27,32,35,50H,4-14,16,19,21-23,28-31,33-34,36-49H2,1-3H3/b18-15-,20-17-,26-24-,27-25-,35-32-/t50-/m0/s1. The molecular formula is C53H92O6. The molecule has 0 aromatic rings. The molecule has 0 aliphatic carbocycles. The number of hydrogen-bond acceptors (Lipinski definition) is 6. The summed E-state index contributed by atoms with van der Waals surface area (Å²) in [6.07, 6.45) is 57.7. The van der Waals surface area contributed by atoms with Crippen LogP contribution in [0.5, 0.6) is 0 Å². The van der Waals surface area contributed by atoms with Crippen LogP contribution < -0.4 is 0 Å². The lowest BCUT2D eigenvalue weighted by atomic mass is 10.1. The molecule has 0 radical (unpaired) electrons. The topological polar surface area (TPSA) is 78.9 Å². The molecule has 0 heterocycles. The predicted molar refractivity (Wildman–Crippen MR) is 251 cm³/mol. The fourth-order valence-corrected chi connectivity index (χ4v) is 6.66. The first-order valence-corrected chi connectivity index (χ1v) is 24.8. The van der Waals surface area contributed by atoms with Crippen molar-refractivity contribution in [2.75, 3.05) is 13.2 Å². The first-order chi connectivity index (χ1) is 29.0. The van der Waals surface area contributed by atoms with Crippen LogP contribution in [-0.4, -0.2) is 37.2 Å². The summed E-state index contributed by atoms with van der Waals surface area (Å²) in [5.41, 5.74) is 0. The molecule has 0 rings (SSSR count). The van der Waals surface area contributed by atoms with Crippen molar-refractivity contribution in [2.24, 2.45) is 0 Å². The number of hydrogen-bond donors (Lipinski definition) is 0. The van der Waals surface area contributed by atoms with Gasteiger partial charge in [0.2, 0.25) is 0 Å². The third-order valence-corrected chi connectivity index (χ3v) is 10.5. The zero-order valence-corrected chi connectivity index (χ0v) is 38.8. The Bertz CT molecular complexity index is 1090. The van der Waals surface area contributed by atoms with Crippen molar-refractivity contribution < 1.29 is 28.6 Å². The minimum Gasteiger partial charge on any atom is -0.462 e. The van der Waals surface area contributed by atoms with Crippen LogP contribution in [0.4, 0.5) is 0 Å². The lowest BCUT2D eigenvalue weighted by molar-refractivity contribution is -0.167. The Hall–Kier alpha value is -2.89. The van der Waals surface area contributed by atoms with Gasteiger partial charge in [0.25, 0.3) is 0 Å². The molecule has 0 amide bonds. The van der Waals surface area contributed by atoms with E-state index >= 15 is 0 Å². The van der Waals surface area contributed by atoms with Crippen LogP contribution in [0.15, 0.2) is 60.8 Å². The van der Waals surface area contributed by atoms with E-state index in [0.29, 0.717) is 19.3 Å². The molecule has 0 aliphatic rings. The van der Waals surface area contributed by atoms with Gasteiger partial charge in [0.15, 0.2) is 6.10 Å². The van der Waals surface area contributed by atoms with Crippen molar-refractivity contribution in [3.8, 4) is 0 Å². The molecule has 0 N–H and O–H groups in total. The van der Waals surface area contributed by atoms with Gasteiger partial charge in [-0.1, -0.05) is 178 Å². The van der Waals surface area contributed by atoms with Gasteiger partial charge in [0.1, 0.15) is 13.2 Å². The van der Waals surface area contributed by atoms with E-state index in [1.54, 1.807) is 0 Å². The van der Waals surface area contributed by atoms with E-state index in [1.807, 2.05) is 0 Å². The summed E-state index contributed by atoms with van der Waals surface area (Å²) in [4.78, 5) is 37.8. The Morgan fingerprint density at radius 2 is 0.627 bits per heavy atom. The maximum absolute atomic E-state index is 12.7. The average molecular weight is 825 g/mol. The molecular weight excluding hydrogens is 733 g/mol. The molecule has 0 aromatic heterocycles. The van der Waals surface area contributed by atoms with Crippen molar-refractivity contribution in [1.29, 1.82) is 0 Å². The maximum atomic E-state index is 12.7. The molecule has 6 heteroatoms. The number of carbonyl (C=O) groups is 3. The van der Waals surface area contributed by atoms with Gasteiger partial charge < -0.3 is 14.2 Å². The summed E-state index contributed by atoms with van der Waals surface area (Å²) < 4.78 is 16.7. The van der Waals surface area contributed by atoms with Gasteiger partial charge in [-0.15, -0.1) is 0 Å². The number of esters is 3. The third kappa shape index (κ3) is 46.0. The van der Waals surface area contributed by atoms with Crippen LogP contribution in [0.25, 0.3) is 0 Å². The van der Waals surface area contributed by atoms with Crippen LogP contribution in [0.2, 0.25) is 0 Å². The van der Waals surface area contributed by atoms with E-state index in [4.69, 9.17) is 14.2 Å². The van der Waals surface area contributed by atoms with Gasteiger partial charge in [-0.05, 0) is 103 Å². The van der Waals surface area contributed by atoms with Gasteiger partial charge in [0.05, 0.1) is 0 Å². The van der Waals surface area contributed by atoms with Crippen LogP contribution in [-0.2, 0) is 28.6 Å². The number of carbonyl (C=O) groups excluding carboxylic acids is 3. The van der Waals surface area contributed by atoms with Crippen molar-refractivity contribution in [2.45, 2.75) is 245 Å². The fourth-order valence-electron chi connectivity index (χ4n) is 6.66. The average Bonchev–Trinajstić information content (AvgIpc) is 3.23. The van der Waals surface area contributed by atoms with Crippen molar-refractivity contribution in [3.63, 3.8) is 0 Å². The fraction of sp³-hybridized carbons (Fsp3) is 0.755. The molecule has 0 aromatic carbocycles. The molecule has 340 valence electrons. The van der Waals surface area contributed by atoms with Gasteiger partial charge in [-0.2, -0.15) is 0 Å². The summed E-state index contributed by atoms with van der Waals surface area (Å²) in [5, 5.41) is 0. The first kappa shape index (κ1) is 56.1. The summed E-state index contributed by atoms with van der Waals surface area (Å²) in [6.45, 7) is 6.51. The number of unbranched alkanes of at least 4 members (excludes halogenated alkanes) is 23. The highest BCUT2D eigenvalue weighted by Gasteiger charge is 2.19. The molecule has 59 heavy (non-hydrogen) atoms. The van der Waals surface area contributed by atoms with E-state index in [1.165, 1.54) is 116 Å². The van der Waals surface area contributed by atoms with Crippen LogP contribution >= 0.6 is 0 Å². The lowest BCUT2D eigenvalue weighted by Gasteiger charge is -2.18. The highest BCUT2D eigenvalue weighted by Crippen LogP contribution is 2.13. The van der Waals surface area contributed by atoms with E-state index in [0.717, 1.165) is 77.0 Å². The summed E-state index contributed by atoms with van der Waals surface area (Å²) >= 11 is 0.